The molecule has 0 unspecified atom stereocenters. The monoisotopic (exact) mass is 630 g/mol. The highest BCUT2D eigenvalue weighted by Gasteiger charge is 2.96. The highest BCUT2D eigenvalue weighted by Crippen LogP contribution is 2.82. The van der Waals surface area contributed by atoms with Crippen LogP contribution in [0, 0.1) is 34.0 Å². The van der Waals surface area contributed by atoms with Gasteiger partial charge in [-0.15, -0.1) is 0 Å². The summed E-state index contributed by atoms with van der Waals surface area (Å²) >= 11 is 0. The van der Waals surface area contributed by atoms with E-state index in [9.17, 15) is 29.4 Å². The molecule has 246 valence electrons. The molecule has 2 saturated carbocycles. The number of methoxy groups -OCH3 is 1. The Morgan fingerprint density at radius 2 is 1.78 bits per heavy atom. The van der Waals surface area contributed by atoms with E-state index in [4.69, 9.17) is 28.1 Å². The lowest BCUT2D eigenvalue weighted by molar-refractivity contribution is -0.385. The first-order valence-corrected chi connectivity index (χ1v) is 15.4. The van der Waals surface area contributed by atoms with Gasteiger partial charge in [-0.2, -0.15) is 0 Å². The van der Waals surface area contributed by atoms with Gasteiger partial charge in [0.25, 0.3) is 0 Å². The minimum atomic E-state index is -2.53. The molecule has 0 radical (unpaired) electrons. The molecule has 5 aliphatic rings. The molecule has 0 aromatic carbocycles. The Labute approximate surface area is 261 Å². The Morgan fingerprint density at radius 3 is 2.36 bits per heavy atom. The summed E-state index contributed by atoms with van der Waals surface area (Å²) < 4.78 is 35.2. The third kappa shape index (κ3) is 3.64. The number of carbonyl (C=O) groups excluding carboxylic acids is 4. The number of ether oxygens (including phenoxy) is 5. The smallest absolute Gasteiger partial charge is 0.331 e. The minimum Gasteiger partial charge on any atom is -0.472 e. The zero-order valence-electron chi connectivity index (χ0n) is 26.9. The van der Waals surface area contributed by atoms with Crippen LogP contribution in [0.1, 0.15) is 79.4 Å². The molecule has 0 amide bonds. The van der Waals surface area contributed by atoms with E-state index in [2.05, 4.69) is 0 Å². The molecular weight excluding hydrogens is 588 g/mol. The Morgan fingerprint density at radius 1 is 1.09 bits per heavy atom. The zero-order chi connectivity index (χ0) is 33.1. The molecule has 2 saturated heterocycles. The van der Waals surface area contributed by atoms with Gasteiger partial charge in [0.1, 0.15) is 17.8 Å². The predicted octanol–water partition coefficient (Wildman–Crippen LogP) is 3.15. The lowest BCUT2D eigenvalue weighted by Gasteiger charge is -2.69. The number of hydrogen-bond donors (Lipinski definition) is 2. The normalized spacial score (nSPS) is 43.9. The molecular formula is C33H42O12. The second kappa shape index (κ2) is 9.65. The first-order chi connectivity index (χ1) is 20.9. The Balaban J connectivity index is 1.67. The number of carbonyl (C=O) groups is 4. The van der Waals surface area contributed by atoms with Crippen LogP contribution in [0.4, 0.5) is 0 Å². The Kier molecular flexibility index (Phi) is 6.81. The predicted molar refractivity (Wildman–Crippen MR) is 152 cm³/mol. The molecule has 2 N–H and O–H groups in total. The number of hydrogen-bond acceptors (Lipinski definition) is 12. The van der Waals surface area contributed by atoms with Crippen molar-refractivity contribution < 1.29 is 57.5 Å². The average Bonchev–Trinajstić information content (AvgIpc) is 3.61. The lowest BCUT2D eigenvalue weighted by Crippen LogP contribution is -2.84. The third-order valence-corrected chi connectivity index (χ3v) is 11.8. The fraction of sp³-hybridized carbons (Fsp3) is 0.697. The Hall–Kier alpha value is -3.22. The summed E-state index contributed by atoms with van der Waals surface area (Å²) in [4.78, 5) is 52.5. The van der Waals surface area contributed by atoms with Crippen molar-refractivity contribution in [1.82, 2.24) is 0 Å². The number of furan rings is 1. The van der Waals surface area contributed by atoms with Crippen molar-refractivity contribution in [3.05, 3.63) is 35.8 Å². The standard InChI is InChI=1S/C33H42O12/c1-16(2)25(37)44-27-31-19(9-11-29(6)21(31)14-23(36)43-24(29)18-10-12-41-15-18)30(7)20(13-22(35)40-8)28(4,5)26(42-17(3)34)32(27,38)33(30,39)45-31/h10,12,14-16,19-20,24,26-27,38-39H,9,11,13H2,1-8H3/t19-,20+,24+,26+,27+,29-,30-,31-,32+,33-/m1/s1. The van der Waals surface area contributed by atoms with E-state index >= 15 is 0 Å². The van der Waals surface area contributed by atoms with Crippen LogP contribution < -0.4 is 0 Å². The van der Waals surface area contributed by atoms with Crippen LogP contribution in [0.15, 0.2) is 34.7 Å². The summed E-state index contributed by atoms with van der Waals surface area (Å²) in [6.45, 7) is 11.6. The van der Waals surface area contributed by atoms with Crippen LogP contribution in [0.2, 0.25) is 0 Å². The summed E-state index contributed by atoms with van der Waals surface area (Å²) in [5.74, 6) is -7.30. The van der Waals surface area contributed by atoms with E-state index in [1.807, 2.05) is 6.92 Å². The van der Waals surface area contributed by atoms with Crippen molar-refractivity contribution in [3.8, 4) is 0 Å². The molecule has 3 aliphatic heterocycles. The molecule has 12 nitrogen and oxygen atoms in total. The molecule has 4 fully saturated rings. The van der Waals surface area contributed by atoms with E-state index < -0.39 is 93.2 Å². The van der Waals surface area contributed by atoms with Gasteiger partial charge < -0.3 is 38.3 Å². The molecule has 6 rings (SSSR count). The van der Waals surface area contributed by atoms with Crippen LogP contribution >= 0.6 is 0 Å². The molecule has 1 aromatic heterocycles. The molecule has 2 bridgehead atoms. The van der Waals surface area contributed by atoms with Gasteiger partial charge in [-0.1, -0.05) is 41.5 Å². The molecule has 1 aromatic rings. The van der Waals surface area contributed by atoms with Crippen molar-refractivity contribution in [3.63, 3.8) is 0 Å². The number of cyclic esters (lactones) is 1. The van der Waals surface area contributed by atoms with Crippen molar-refractivity contribution in [1.29, 1.82) is 0 Å². The molecule has 4 heterocycles. The summed E-state index contributed by atoms with van der Waals surface area (Å²) in [5.41, 5.74) is -6.87. The van der Waals surface area contributed by atoms with Crippen molar-refractivity contribution in [2.45, 2.75) is 103 Å². The number of rotatable bonds is 6. The largest absolute Gasteiger partial charge is 0.472 e. The second-order valence-electron chi connectivity index (χ2n) is 14.7. The van der Waals surface area contributed by atoms with Gasteiger partial charge in [-0.3, -0.25) is 14.4 Å². The number of esters is 4. The van der Waals surface area contributed by atoms with E-state index in [0.29, 0.717) is 24.0 Å². The van der Waals surface area contributed by atoms with Gasteiger partial charge >= 0.3 is 23.9 Å². The van der Waals surface area contributed by atoms with Crippen LogP contribution in [0.3, 0.4) is 0 Å². The molecule has 10 atom stereocenters. The van der Waals surface area contributed by atoms with Gasteiger partial charge in [0.15, 0.2) is 11.7 Å². The van der Waals surface area contributed by atoms with Crippen LogP contribution in [0.25, 0.3) is 0 Å². The van der Waals surface area contributed by atoms with Gasteiger partial charge in [0.2, 0.25) is 5.79 Å². The van der Waals surface area contributed by atoms with Crippen molar-refractivity contribution >= 4 is 23.9 Å². The van der Waals surface area contributed by atoms with Gasteiger partial charge in [-0.05, 0) is 30.4 Å². The van der Waals surface area contributed by atoms with E-state index in [1.165, 1.54) is 32.6 Å². The second-order valence-corrected chi connectivity index (χ2v) is 14.7. The maximum Gasteiger partial charge on any atom is 0.331 e. The molecule has 45 heavy (non-hydrogen) atoms. The highest BCUT2D eigenvalue weighted by molar-refractivity contribution is 5.86. The zero-order valence-corrected chi connectivity index (χ0v) is 26.9. The fourth-order valence-corrected chi connectivity index (χ4v) is 9.97. The summed E-state index contributed by atoms with van der Waals surface area (Å²) in [7, 11) is 1.26. The third-order valence-electron chi connectivity index (χ3n) is 11.8. The molecule has 2 aliphatic carbocycles. The van der Waals surface area contributed by atoms with E-state index in [-0.39, 0.29) is 6.42 Å². The first-order valence-electron chi connectivity index (χ1n) is 15.4. The first kappa shape index (κ1) is 31.7. The lowest BCUT2D eigenvalue weighted by atomic mass is 9.36. The Bertz CT molecular complexity index is 1480. The van der Waals surface area contributed by atoms with Gasteiger partial charge in [-0.25, -0.2) is 4.79 Å². The minimum absolute atomic E-state index is 0.196. The van der Waals surface area contributed by atoms with Gasteiger partial charge in [0, 0.05) is 47.1 Å². The maximum absolute atomic E-state index is 13.5. The topological polar surface area (TPSA) is 168 Å². The van der Waals surface area contributed by atoms with Gasteiger partial charge in [0.05, 0.1) is 25.6 Å². The summed E-state index contributed by atoms with van der Waals surface area (Å²) in [6.07, 6.45) is 0.927. The molecule has 1 spiro atoms. The van der Waals surface area contributed by atoms with Crippen LogP contribution in [-0.2, 0) is 42.9 Å². The quantitative estimate of drug-likeness (QED) is 0.349. The fourth-order valence-electron chi connectivity index (χ4n) is 9.97. The van der Waals surface area contributed by atoms with E-state index in [0.717, 1.165) is 0 Å². The SMILES string of the molecule is COC(=O)C[C@H]1C(C)(C)[C@H](OC(C)=O)[C@]2(O)[C@@H](OC(=O)C(C)C)[C@@]34O[C@]2(O)[C@]1(C)[C@H]3CC[C@]1(C)C4=CC(=O)O[C@H]1c1ccoc1. The average molecular weight is 631 g/mol. The van der Waals surface area contributed by atoms with Crippen LogP contribution in [0.5, 0.6) is 0 Å². The van der Waals surface area contributed by atoms with Crippen molar-refractivity contribution in [2.75, 3.05) is 7.11 Å². The molecule has 12 heteroatoms. The maximum atomic E-state index is 13.5. The number of aliphatic hydroxyl groups is 2. The number of fused-ring (bicyclic) bond motifs is 2. The summed E-state index contributed by atoms with van der Waals surface area (Å²) in [5, 5.41) is 26.1. The van der Waals surface area contributed by atoms with E-state index in [1.54, 1.807) is 40.7 Å². The van der Waals surface area contributed by atoms with Crippen molar-refractivity contribution in [2.24, 2.45) is 34.0 Å². The summed E-state index contributed by atoms with van der Waals surface area (Å²) in [6, 6.07) is 1.70. The van der Waals surface area contributed by atoms with Crippen LogP contribution in [-0.4, -0.2) is 70.4 Å². The highest BCUT2D eigenvalue weighted by atomic mass is 16.7.